The van der Waals surface area contributed by atoms with E-state index in [9.17, 15) is 0 Å². The highest BCUT2D eigenvalue weighted by molar-refractivity contribution is 5.71. The van der Waals surface area contributed by atoms with Gasteiger partial charge < -0.3 is 5.43 Å². The van der Waals surface area contributed by atoms with Crippen molar-refractivity contribution in [1.29, 1.82) is 0 Å². The molecular weight excluding hydrogens is 180 g/mol. The van der Waals surface area contributed by atoms with Crippen LogP contribution in [0.25, 0.3) is 17.2 Å². The summed E-state index contributed by atoms with van der Waals surface area (Å²) >= 11 is 0. The highest BCUT2D eigenvalue weighted by Crippen LogP contribution is 2.27. The van der Waals surface area contributed by atoms with Crippen LogP contribution in [-0.2, 0) is 0 Å². The van der Waals surface area contributed by atoms with Crippen molar-refractivity contribution in [2.45, 2.75) is 6.92 Å². The fraction of sp³-hybridized carbons (Fsp3) is 0.125. The minimum atomic E-state index is 0.653. The lowest BCUT2D eigenvalue weighted by atomic mass is 10.3. The number of nitrogens with one attached hydrogen (secondary N) is 2. The second-order valence-corrected chi connectivity index (χ2v) is 3.06. The molecule has 0 fully saturated rings. The Morgan fingerprint density at radius 1 is 1.29 bits per heavy atom. The van der Waals surface area contributed by atoms with Gasteiger partial charge in [-0.3, -0.25) is 9.99 Å². The summed E-state index contributed by atoms with van der Waals surface area (Å²) in [6.45, 7) is 1.99. The van der Waals surface area contributed by atoms with Gasteiger partial charge in [0.25, 0.3) is 0 Å². The van der Waals surface area contributed by atoms with Crippen LogP contribution in [0.1, 0.15) is 6.92 Å². The van der Waals surface area contributed by atoms with E-state index >= 15 is 0 Å². The van der Waals surface area contributed by atoms with E-state index < -0.39 is 0 Å². The first-order valence-electron chi connectivity index (χ1n) is 4.23. The molecule has 0 unspecified atom stereocenters. The minimum absolute atomic E-state index is 0.653. The number of allylic oxidation sites excluding steroid dienone is 1. The summed E-state index contributed by atoms with van der Waals surface area (Å²) in [6.07, 6.45) is 5.09. The maximum Gasteiger partial charge on any atom is 0.185 e. The van der Waals surface area contributed by atoms with Crippen LogP contribution in [0.3, 0.4) is 0 Å². The van der Waals surface area contributed by atoms with Crippen LogP contribution in [0, 0.1) is 0 Å². The van der Waals surface area contributed by atoms with Crippen LogP contribution < -0.4 is 10.9 Å². The Morgan fingerprint density at radius 2 is 2.21 bits per heavy atom. The molecule has 0 aromatic heterocycles. The van der Waals surface area contributed by atoms with Crippen molar-refractivity contribution in [1.82, 2.24) is 24.9 Å². The molecule has 0 aromatic carbocycles. The third-order valence-corrected chi connectivity index (χ3v) is 2.19. The molecule has 3 rings (SSSR count). The molecule has 0 bridgehead atoms. The van der Waals surface area contributed by atoms with Crippen molar-refractivity contribution >= 4 is 11.5 Å². The third-order valence-electron chi connectivity index (χ3n) is 2.19. The van der Waals surface area contributed by atoms with Gasteiger partial charge in [0.1, 0.15) is 12.7 Å². The fourth-order valence-corrected chi connectivity index (χ4v) is 1.47. The van der Waals surface area contributed by atoms with Gasteiger partial charge in [-0.05, 0) is 6.92 Å². The van der Waals surface area contributed by atoms with Gasteiger partial charge in [-0.1, -0.05) is 0 Å². The zero-order valence-corrected chi connectivity index (χ0v) is 7.52. The van der Waals surface area contributed by atoms with E-state index in [0.717, 1.165) is 17.2 Å². The zero-order valence-electron chi connectivity index (χ0n) is 7.52. The first kappa shape index (κ1) is 7.31. The lowest BCUT2D eigenvalue weighted by Gasteiger charge is -2.21. The Morgan fingerprint density at radius 3 is 3.14 bits per heavy atom. The highest BCUT2D eigenvalue weighted by atomic mass is 15.4. The van der Waals surface area contributed by atoms with Crippen molar-refractivity contribution in [3.05, 3.63) is 18.9 Å². The van der Waals surface area contributed by atoms with Crippen molar-refractivity contribution < 1.29 is 0 Å². The zero-order chi connectivity index (χ0) is 9.54. The molecule has 6 heteroatoms. The van der Waals surface area contributed by atoms with Gasteiger partial charge in [-0.25, -0.2) is 15.0 Å². The first-order chi connectivity index (χ1) is 6.86. The maximum absolute atomic E-state index is 4.19. The number of imidazole rings is 1. The molecule has 0 saturated carbocycles. The molecule has 0 amide bonds. The van der Waals surface area contributed by atoms with Crippen LogP contribution in [-0.4, -0.2) is 19.5 Å². The van der Waals surface area contributed by atoms with Gasteiger partial charge in [-0.15, -0.1) is 0 Å². The number of fused-ring (bicyclic) bond motifs is 3. The molecule has 0 atom stereocenters. The lowest BCUT2D eigenvalue weighted by Crippen LogP contribution is -2.25. The van der Waals surface area contributed by atoms with Gasteiger partial charge in [-0.2, -0.15) is 0 Å². The molecule has 0 radical (unpaired) electrons. The largest absolute Gasteiger partial charge is 0.305 e. The van der Waals surface area contributed by atoms with Crippen molar-refractivity contribution in [2.24, 2.45) is 0 Å². The van der Waals surface area contributed by atoms with Crippen LogP contribution in [0.5, 0.6) is 0 Å². The standard InChI is InChI=1S/C8H8N6/c1-5-2-12-13-8-6-7(10-3-9-6)11-4-14(5)8/h2-4,12-13H,1H3. The molecule has 0 aliphatic carbocycles. The monoisotopic (exact) mass is 188 g/mol. The Kier molecular flexibility index (Phi) is 1.27. The normalized spacial score (nSPS) is 14.2. The second kappa shape index (κ2) is 2.44. The first-order valence-corrected chi connectivity index (χ1v) is 4.23. The Balaban J connectivity index is 2.35. The summed E-state index contributed by atoms with van der Waals surface area (Å²) in [4.78, 5) is 12.4. The molecule has 0 aromatic rings. The Bertz CT molecular complexity index is 485. The van der Waals surface area contributed by atoms with Crippen LogP contribution in [0.4, 0.5) is 5.82 Å². The summed E-state index contributed by atoms with van der Waals surface area (Å²) in [5, 5.41) is 0. The molecule has 70 valence electrons. The van der Waals surface area contributed by atoms with Crippen molar-refractivity contribution in [3.63, 3.8) is 0 Å². The Hall–Kier alpha value is -2.11. The third kappa shape index (κ3) is 0.819. The van der Waals surface area contributed by atoms with E-state index in [-0.39, 0.29) is 0 Å². The van der Waals surface area contributed by atoms with Gasteiger partial charge in [0.15, 0.2) is 17.3 Å². The number of hydrogen-bond donors (Lipinski definition) is 2. The van der Waals surface area contributed by atoms with Crippen LogP contribution >= 0.6 is 0 Å². The molecule has 0 spiro atoms. The van der Waals surface area contributed by atoms with E-state index in [4.69, 9.17) is 0 Å². The van der Waals surface area contributed by atoms with Crippen molar-refractivity contribution in [2.75, 3.05) is 5.43 Å². The smallest absolute Gasteiger partial charge is 0.185 e. The van der Waals surface area contributed by atoms with Gasteiger partial charge >= 0.3 is 0 Å². The summed E-state index contributed by atoms with van der Waals surface area (Å²) in [6, 6.07) is 0. The molecule has 3 aliphatic rings. The van der Waals surface area contributed by atoms with Crippen molar-refractivity contribution in [3.8, 4) is 11.5 Å². The average Bonchev–Trinajstić information content (AvgIpc) is 2.66. The number of anilines is 1. The molecule has 6 nitrogen and oxygen atoms in total. The molecule has 0 saturated heterocycles. The highest BCUT2D eigenvalue weighted by Gasteiger charge is 2.18. The van der Waals surface area contributed by atoms with Crippen LogP contribution in [0.15, 0.2) is 18.9 Å². The summed E-state index contributed by atoms with van der Waals surface area (Å²) in [5.41, 5.74) is 7.78. The maximum atomic E-state index is 4.19. The topological polar surface area (TPSA) is 67.7 Å². The van der Waals surface area contributed by atoms with E-state index in [2.05, 4.69) is 25.8 Å². The van der Waals surface area contributed by atoms with Gasteiger partial charge in [0.2, 0.25) is 0 Å². The summed E-state index contributed by atoms with van der Waals surface area (Å²) in [7, 11) is 0. The molecule has 14 heavy (non-hydrogen) atoms. The quantitative estimate of drug-likeness (QED) is 0.631. The van der Waals surface area contributed by atoms with E-state index in [1.165, 1.54) is 6.33 Å². The van der Waals surface area contributed by atoms with E-state index in [1.807, 2.05) is 17.7 Å². The molecule has 3 heterocycles. The summed E-state index contributed by atoms with van der Waals surface area (Å²) < 4.78 is 1.92. The number of hydrazine groups is 1. The van der Waals surface area contributed by atoms with Crippen LogP contribution in [0.2, 0.25) is 0 Å². The van der Waals surface area contributed by atoms with E-state index in [0.29, 0.717) is 5.82 Å². The predicted molar refractivity (Wildman–Crippen MR) is 51.1 cm³/mol. The summed E-state index contributed by atoms with van der Waals surface area (Å²) in [5.74, 6) is 1.52. The second-order valence-electron chi connectivity index (χ2n) is 3.06. The number of hydrogen-bond acceptors (Lipinski definition) is 5. The Labute approximate surface area is 80.0 Å². The molecule has 3 aliphatic heterocycles. The molecular formula is C8H8N6. The number of nitrogens with zero attached hydrogens (tertiary/aromatic N) is 4. The van der Waals surface area contributed by atoms with Gasteiger partial charge in [0.05, 0.1) is 0 Å². The molecule has 2 N–H and O–H groups in total. The number of rotatable bonds is 0. The average molecular weight is 188 g/mol. The lowest BCUT2D eigenvalue weighted by molar-refractivity contribution is 0.888. The SMILES string of the molecule is CC1=CNNc2c3ncnc-3ncn21. The minimum Gasteiger partial charge on any atom is -0.305 e. The van der Waals surface area contributed by atoms with E-state index in [1.54, 1.807) is 6.33 Å². The number of aromatic nitrogens is 4. The predicted octanol–water partition coefficient (Wildman–Crippen LogP) is 0.526. The fourth-order valence-electron chi connectivity index (χ4n) is 1.47. The van der Waals surface area contributed by atoms with Gasteiger partial charge in [0, 0.05) is 11.9 Å².